The van der Waals surface area contributed by atoms with Crippen molar-refractivity contribution in [2.45, 2.75) is 45.6 Å². The maximum absolute atomic E-state index is 12.7. The second kappa shape index (κ2) is 10.8. The summed E-state index contributed by atoms with van der Waals surface area (Å²) in [6, 6.07) is 16.4. The van der Waals surface area contributed by atoms with Crippen molar-refractivity contribution in [3.05, 3.63) is 65.7 Å². The van der Waals surface area contributed by atoms with E-state index < -0.39 is 5.92 Å². The van der Waals surface area contributed by atoms with Crippen LogP contribution in [0.15, 0.2) is 54.6 Å². The number of esters is 1. The molecule has 3 rings (SSSR count). The molecule has 2 aromatic carbocycles. The van der Waals surface area contributed by atoms with Crippen LogP contribution in [0.1, 0.15) is 61.5 Å². The van der Waals surface area contributed by atoms with Gasteiger partial charge in [-0.25, -0.2) is 4.79 Å². The second-order valence-corrected chi connectivity index (χ2v) is 7.94. The summed E-state index contributed by atoms with van der Waals surface area (Å²) in [5.74, 6) is -0.966. The first-order valence-corrected chi connectivity index (χ1v) is 10.9. The van der Waals surface area contributed by atoms with E-state index in [1.807, 2.05) is 37.3 Å². The van der Waals surface area contributed by atoms with E-state index >= 15 is 0 Å². The zero-order valence-corrected chi connectivity index (χ0v) is 18.2. The number of ether oxygens (including phenoxy) is 1. The summed E-state index contributed by atoms with van der Waals surface area (Å²) in [7, 11) is 0. The molecule has 6 nitrogen and oxygen atoms in total. The fourth-order valence-electron chi connectivity index (χ4n) is 3.73. The lowest BCUT2D eigenvalue weighted by atomic mass is 10.1. The zero-order valence-electron chi connectivity index (χ0n) is 18.2. The summed E-state index contributed by atoms with van der Waals surface area (Å²) < 4.78 is 5.25. The molecule has 0 bridgehead atoms. The zero-order chi connectivity index (χ0) is 22.2. The molecule has 2 aromatic rings. The summed E-state index contributed by atoms with van der Waals surface area (Å²) in [4.78, 5) is 39.0. The monoisotopic (exact) mass is 422 g/mol. The maximum Gasteiger partial charge on any atom is 0.338 e. The lowest BCUT2D eigenvalue weighted by Crippen LogP contribution is -2.30. The number of rotatable bonds is 9. The number of carbonyl (C=O) groups is 3. The molecule has 0 aromatic heterocycles. The second-order valence-electron chi connectivity index (χ2n) is 7.94. The number of nitrogens with one attached hydrogen (secondary N) is 1. The van der Waals surface area contributed by atoms with Gasteiger partial charge in [0.25, 0.3) is 0 Å². The first kappa shape index (κ1) is 22.5. The van der Waals surface area contributed by atoms with Crippen LogP contribution in [-0.4, -0.2) is 35.8 Å². The standard InChI is InChI=1S/C25H30N2O4/c1-3-4-8-15-31-25(30)20-11-13-22(14-12-20)26-24(29)21-16-23(28)27(17-21)18(2)19-9-6-5-7-10-19/h5-7,9-14,18,21H,3-4,8,15-17H2,1-2H3,(H,26,29)/t18-,21-/m0/s1. The van der Waals surface area contributed by atoms with E-state index in [0.717, 1.165) is 24.8 Å². The first-order chi connectivity index (χ1) is 15.0. The Labute approximate surface area is 183 Å². The van der Waals surface area contributed by atoms with Crippen LogP contribution >= 0.6 is 0 Å². The molecule has 1 aliphatic rings. The van der Waals surface area contributed by atoms with Gasteiger partial charge in [0.15, 0.2) is 0 Å². The van der Waals surface area contributed by atoms with Crippen molar-refractivity contribution >= 4 is 23.5 Å². The predicted molar refractivity (Wildman–Crippen MR) is 120 cm³/mol. The Bertz CT molecular complexity index is 895. The van der Waals surface area contributed by atoms with Crippen LogP contribution in [-0.2, 0) is 14.3 Å². The van der Waals surface area contributed by atoms with Crippen LogP contribution in [0.5, 0.6) is 0 Å². The largest absolute Gasteiger partial charge is 0.462 e. The van der Waals surface area contributed by atoms with Crippen LogP contribution in [0, 0.1) is 5.92 Å². The molecular weight excluding hydrogens is 392 g/mol. The van der Waals surface area contributed by atoms with Crippen molar-refractivity contribution < 1.29 is 19.1 Å². The number of likely N-dealkylation sites (tertiary alicyclic amines) is 1. The number of nitrogens with zero attached hydrogens (tertiary/aromatic N) is 1. The predicted octanol–water partition coefficient (Wildman–Crippen LogP) is 4.58. The summed E-state index contributed by atoms with van der Waals surface area (Å²) in [6.45, 7) is 4.88. The third-order valence-electron chi connectivity index (χ3n) is 5.65. The van der Waals surface area contributed by atoms with Gasteiger partial charge >= 0.3 is 5.97 Å². The highest BCUT2D eigenvalue weighted by molar-refractivity contribution is 5.98. The molecule has 0 radical (unpaired) electrons. The Morgan fingerprint density at radius 3 is 2.48 bits per heavy atom. The van der Waals surface area contributed by atoms with Crippen LogP contribution in [0.4, 0.5) is 5.69 Å². The Hall–Kier alpha value is -3.15. The Balaban J connectivity index is 1.53. The highest BCUT2D eigenvalue weighted by atomic mass is 16.5. The Morgan fingerprint density at radius 2 is 1.81 bits per heavy atom. The number of unbranched alkanes of at least 4 members (excludes halogenated alkanes) is 2. The SMILES string of the molecule is CCCCCOC(=O)c1ccc(NC(=O)[C@H]2CC(=O)N([C@@H](C)c3ccccc3)C2)cc1. The van der Waals surface area contributed by atoms with Gasteiger partial charge in [0.2, 0.25) is 11.8 Å². The minimum Gasteiger partial charge on any atom is -0.462 e. The number of hydrogen-bond donors (Lipinski definition) is 1. The highest BCUT2D eigenvalue weighted by Gasteiger charge is 2.37. The van der Waals surface area contributed by atoms with Crippen LogP contribution in [0.25, 0.3) is 0 Å². The molecule has 1 saturated heterocycles. The minimum absolute atomic E-state index is 0.0160. The number of hydrogen-bond acceptors (Lipinski definition) is 4. The highest BCUT2D eigenvalue weighted by Crippen LogP contribution is 2.29. The van der Waals surface area contributed by atoms with Crippen molar-refractivity contribution in [3.8, 4) is 0 Å². The fourth-order valence-corrected chi connectivity index (χ4v) is 3.73. The normalized spacial score (nSPS) is 16.8. The summed E-state index contributed by atoms with van der Waals surface area (Å²) in [5.41, 5.74) is 2.09. The molecule has 1 aliphatic heterocycles. The molecule has 0 saturated carbocycles. The fraction of sp³-hybridized carbons (Fsp3) is 0.400. The van der Waals surface area contributed by atoms with Crippen LogP contribution in [0.3, 0.4) is 0 Å². The molecule has 0 aliphatic carbocycles. The van der Waals surface area contributed by atoms with Gasteiger partial charge in [-0.3, -0.25) is 9.59 Å². The lowest BCUT2D eigenvalue weighted by Gasteiger charge is -2.25. The van der Waals surface area contributed by atoms with Crippen molar-refractivity contribution in [1.82, 2.24) is 4.90 Å². The quantitative estimate of drug-likeness (QED) is 0.474. The van der Waals surface area contributed by atoms with Crippen molar-refractivity contribution in [2.75, 3.05) is 18.5 Å². The molecule has 0 spiro atoms. The van der Waals surface area contributed by atoms with Gasteiger partial charge in [0, 0.05) is 18.7 Å². The molecule has 1 fully saturated rings. The Kier molecular flexibility index (Phi) is 7.82. The number of amides is 2. The van der Waals surface area contributed by atoms with Crippen molar-refractivity contribution in [3.63, 3.8) is 0 Å². The van der Waals surface area contributed by atoms with Gasteiger partial charge in [-0.1, -0.05) is 50.1 Å². The van der Waals surface area contributed by atoms with Gasteiger partial charge in [0.1, 0.15) is 0 Å². The maximum atomic E-state index is 12.7. The first-order valence-electron chi connectivity index (χ1n) is 10.9. The number of carbonyl (C=O) groups excluding carboxylic acids is 3. The molecule has 1 heterocycles. The summed E-state index contributed by atoms with van der Waals surface area (Å²) in [5, 5.41) is 2.86. The van der Waals surface area contributed by atoms with E-state index in [0.29, 0.717) is 24.4 Å². The van der Waals surface area contributed by atoms with Gasteiger partial charge in [-0.2, -0.15) is 0 Å². The Morgan fingerprint density at radius 1 is 1.10 bits per heavy atom. The topological polar surface area (TPSA) is 75.7 Å². The van der Waals surface area contributed by atoms with Gasteiger partial charge in [-0.05, 0) is 43.2 Å². The summed E-state index contributed by atoms with van der Waals surface area (Å²) in [6.07, 6.45) is 3.16. The molecule has 31 heavy (non-hydrogen) atoms. The van der Waals surface area contributed by atoms with Gasteiger partial charge in [-0.15, -0.1) is 0 Å². The molecule has 2 atom stereocenters. The van der Waals surface area contributed by atoms with E-state index in [-0.39, 0.29) is 30.2 Å². The molecular formula is C25H30N2O4. The molecule has 6 heteroatoms. The molecule has 1 N–H and O–H groups in total. The average Bonchev–Trinajstić information content (AvgIpc) is 3.19. The summed E-state index contributed by atoms with van der Waals surface area (Å²) >= 11 is 0. The van der Waals surface area contributed by atoms with Crippen LogP contribution < -0.4 is 5.32 Å². The van der Waals surface area contributed by atoms with E-state index in [2.05, 4.69) is 12.2 Å². The molecule has 2 amide bonds. The lowest BCUT2D eigenvalue weighted by molar-refractivity contribution is -0.129. The number of anilines is 1. The van der Waals surface area contributed by atoms with E-state index in [1.165, 1.54) is 0 Å². The number of benzene rings is 2. The smallest absolute Gasteiger partial charge is 0.338 e. The van der Waals surface area contributed by atoms with Gasteiger partial charge < -0.3 is 15.0 Å². The molecule has 164 valence electrons. The third kappa shape index (κ3) is 5.94. The molecule has 0 unspecified atom stereocenters. The van der Waals surface area contributed by atoms with Crippen LogP contribution in [0.2, 0.25) is 0 Å². The van der Waals surface area contributed by atoms with Crippen molar-refractivity contribution in [2.24, 2.45) is 5.92 Å². The minimum atomic E-state index is -0.401. The average molecular weight is 423 g/mol. The van der Waals surface area contributed by atoms with Gasteiger partial charge in [0.05, 0.1) is 24.1 Å². The van der Waals surface area contributed by atoms with Crippen molar-refractivity contribution in [1.29, 1.82) is 0 Å². The third-order valence-corrected chi connectivity index (χ3v) is 5.65. The van der Waals surface area contributed by atoms with E-state index in [1.54, 1.807) is 29.2 Å². The van der Waals surface area contributed by atoms with E-state index in [9.17, 15) is 14.4 Å². The van der Waals surface area contributed by atoms with E-state index in [4.69, 9.17) is 4.74 Å².